The maximum Gasteiger partial charge on any atom is 0.276 e. The van der Waals surface area contributed by atoms with Gasteiger partial charge in [-0.1, -0.05) is 27.5 Å². The van der Waals surface area contributed by atoms with E-state index in [9.17, 15) is 4.79 Å². The Morgan fingerprint density at radius 3 is 2.56 bits per heavy atom. The van der Waals surface area contributed by atoms with E-state index in [-0.39, 0.29) is 5.91 Å². The lowest BCUT2D eigenvalue weighted by molar-refractivity contribution is 0.0988. The highest BCUT2D eigenvalue weighted by Gasteiger charge is 2.14. The minimum absolute atomic E-state index is 0.168. The first kappa shape index (κ1) is 13.1. The van der Waals surface area contributed by atoms with Gasteiger partial charge in [-0.2, -0.15) is 0 Å². The maximum absolute atomic E-state index is 12.2. The fourth-order valence-electron chi connectivity index (χ4n) is 1.48. The fourth-order valence-corrected chi connectivity index (χ4v) is 1.94. The van der Waals surface area contributed by atoms with Crippen LogP contribution in [0.25, 0.3) is 0 Å². The van der Waals surface area contributed by atoms with Crippen molar-refractivity contribution in [3.05, 3.63) is 57.8 Å². The summed E-state index contributed by atoms with van der Waals surface area (Å²) in [6.45, 7) is 0. The number of pyridine rings is 1. The molecule has 0 saturated heterocycles. The van der Waals surface area contributed by atoms with Gasteiger partial charge >= 0.3 is 0 Å². The van der Waals surface area contributed by atoms with E-state index in [0.717, 1.165) is 10.2 Å². The lowest BCUT2D eigenvalue weighted by Gasteiger charge is -2.16. The molecule has 5 heteroatoms. The number of aromatic nitrogens is 1. The standard InChI is InChI=1S/C13H10BrClN2O/c1-17(11-4-2-10(15)3-5-11)13(18)12-8-9(14)6-7-16-12/h2-8H,1H3. The second-order valence-electron chi connectivity index (χ2n) is 3.70. The molecule has 1 aromatic heterocycles. The van der Waals surface area contributed by atoms with Crippen molar-refractivity contribution >= 4 is 39.1 Å². The van der Waals surface area contributed by atoms with Gasteiger partial charge in [0.15, 0.2) is 0 Å². The number of benzene rings is 1. The van der Waals surface area contributed by atoms with Crippen molar-refractivity contribution in [2.24, 2.45) is 0 Å². The Bertz CT molecular complexity index is 571. The van der Waals surface area contributed by atoms with Crippen molar-refractivity contribution in [3.8, 4) is 0 Å². The van der Waals surface area contributed by atoms with Crippen LogP contribution in [-0.4, -0.2) is 17.9 Å². The molecule has 2 aromatic rings. The lowest BCUT2D eigenvalue weighted by Crippen LogP contribution is -2.26. The fraction of sp³-hybridized carbons (Fsp3) is 0.0769. The van der Waals surface area contributed by atoms with Gasteiger partial charge in [0.2, 0.25) is 0 Å². The molecule has 0 spiro atoms. The van der Waals surface area contributed by atoms with Gasteiger partial charge in [0, 0.05) is 28.4 Å². The van der Waals surface area contributed by atoms with Crippen LogP contribution in [-0.2, 0) is 0 Å². The first-order chi connectivity index (χ1) is 8.58. The second kappa shape index (κ2) is 5.50. The van der Waals surface area contributed by atoms with Gasteiger partial charge in [-0.3, -0.25) is 9.78 Å². The average Bonchev–Trinajstić information content (AvgIpc) is 2.38. The topological polar surface area (TPSA) is 33.2 Å². The molecule has 0 atom stereocenters. The van der Waals surface area contributed by atoms with Crippen LogP contribution >= 0.6 is 27.5 Å². The van der Waals surface area contributed by atoms with Crippen LogP contribution in [0.3, 0.4) is 0 Å². The molecule has 3 nitrogen and oxygen atoms in total. The van der Waals surface area contributed by atoms with Gasteiger partial charge in [-0.15, -0.1) is 0 Å². The Balaban J connectivity index is 2.26. The number of hydrogen-bond donors (Lipinski definition) is 0. The lowest BCUT2D eigenvalue weighted by atomic mass is 10.2. The summed E-state index contributed by atoms with van der Waals surface area (Å²) >= 11 is 9.13. The summed E-state index contributed by atoms with van der Waals surface area (Å²) in [4.78, 5) is 17.8. The van der Waals surface area contributed by atoms with Crippen LogP contribution in [0, 0.1) is 0 Å². The largest absolute Gasteiger partial charge is 0.310 e. The highest BCUT2D eigenvalue weighted by Crippen LogP contribution is 2.19. The molecular formula is C13H10BrClN2O. The molecule has 18 heavy (non-hydrogen) atoms. The highest BCUT2D eigenvalue weighted by molar-refractivity contribution is 9.10. The summed E-state index contributed by atoms with van der Waals surface area (Å²) in [6, 6.07) is 10.5. The summed E-state index contributed by atoms with van der Waals surface area (Å²) < 4.78 is 0.824. The van der Waals surface area contributed by atoms with E-state index < -0.39 is 0 Å². The van der Waals surface area contributed by atoms with Crippen LogP contribution in [0.4, 0.5) is 5.69 Å². The molecule has 0 saturated carbocycles. The predicted octanol–water partition coefficient (Wildman–Crippen LogP) is 3.77. The summed E-state index contributed by atoms with van der Waals surface area (Å²) in [5.74, 6) is -0.168. The molecule has 1 aromatic carbocycles. The van der Waals surface area contributed by atoms with Crippen molar-refractivity contribution in [2.75, 3.05) is 11.9 Å². The van der Waals surface area contributed by atoms with Gasteiger partial charge in [-0.25, -0.2) is 0 Å². The Kier molecular flexibility index (Phi) is 3.99. The zero-order valence-electron chi connectivity index (χ0n) is 9.60. The molecule has 1 heterocycles. The first-order valence-corrected chi connectivity index (χ1v) is 6.40. The molecule has 0 unspecified atom stereocenters. The zero-order valence-corrected chi connectivity index (χ0v) is 11.9. The predicted molar refractivity (Wildman–Crippen MR) is 76.1 cm³/mol. The number of anilines is 1. The minimum atomic E-state index is -0.168. The Labute approximate surface area is 119 Å². The molecule has 0 aliphatic heterocycles. The van der Waals surface area contributed by atoms with E-state index >= 15 is 0 Å². The van der Waals surface area contributed by atoms with Gasteiger partial charge in [0.25, 0.3) is 5.91 Å². The molecule has 0 N–H and O–H groups in total. The van der Waals surface area contributed by atoms with Crippen LogP contribution in [0.15, 0.2) is 47.1 Å². The van der Waals surface area contributed by atoms with Crippen molar-refractivity contribution in [2.45, 2.75) is 0 Å². The first-order valence-electron chi connectivity index (χ1n) is 5.23. The molecular weight excluding hydrogens is 316 g/mol. The van der Waals surface area contributed by atoms with Crippen LogP contribution < -0.4 is 4.90 Å². The van der Waals surface area contributed by atoms with E-state index in [0.29, 0.717) is 10.7 Å². The number of carbonyl (C=O) groups is 1. The Morgan fingerprint density at radius 2 is 1.94 bits per heavy atom. The van der Waals surface area contributed by atoms with E-state index in [4.69, 9.17) is 11.6 Å². The van der Waals surface area contributed by atoms with E-state index in [1.807, 2.05) is 0 Å². The number of amides is 1. The quantitative estimate of drug-likeness (QED) is 0.842. The summed E-state index contributed by atoms with van der Waals surface area (Å²) in [5, 5.41) is 0.639. The third kappa shape index (κ3) is 2.89. The third-order valence-corrected chi connectivity index (χ3v) is 3.20. The molecule has 0 aliphatic rings. The smallest absolute Gasteiger partial charge is 0.276 e. The van der Waals surface area contributed by atoms with Crippen LogP contribution in [0.2, 0.25) is 5.02 Å². The van der Waals surface area contributed by atoms with Crippen molar-refractivity contribution in [3.63, 3.8) is 0 Å². The molecule has 0 aliphatic carbocycles. The zero-order chi connectivity index (χ0) is 13.1. The molecule has 0 fully saturated rings. The monoisotopic (exact) mass is 324 g/mol. The molecule has 1 amide bonds. The number of nitrogens with zero attached hydrogens (tertiary/aromatic N) is 2. The molecule has 0 radical (unpaired) electrons. The van der Waals surface area contributed by atoms with Gasteiger partial charge in [0.1, 0.15) is 5.69 Å². The van der Waals surface area contributed by atoms with Crippen LogP contribution in [0.1, 0.15) is 10.5 Å². The van der Waals surface area contributed by atoms with Crippen molar-refractivity contribution in [1.29, 1.82) is 0 Å². The highest BCUT2D eigenvalue weighted by atomic mass is 79.9. The van der Waals surface area contributed by atoms with Crippen LogP contribution in [0.5, 0.6) is 0 Å². The number of carbonyl (C=O) groups excluding carboxylic acids is 1. The van der Waals surface area contributed by atoms with Crippen molar-refractivity contribution in [1.82, 2.24) is 4.98 Å². The summed E-state index contributed by atoms with van der Waals surface area (Å²) in [5.41, 5.74) is 1.16. The Morgan fingerprint density at radius 1 is 1.28 bits per heavy atom. The average molecular weight is 326 g/mol. The van der Waals surface area contributed by atoms with Crippen molar-refractivity contribution < 1.29 is 4.79 Å². The van der Waals surface area contributed by atoms with E-state index in [1.54, 1.807) is 49.6 Å². The third-order valence-electron chi connectivity index (χ3n) is 2.46. The maximum atomic E-state index is 12.2. The summed E-state index contributed by atoms with van der Waals surface area (Å²) in [7, 11) is 1.70. The Hall–Kier alpha value is -1.39. The minimum Gasteiger partial charge on any atom is -0.310 e. The normalized spacial score (nSPS) is 10.2. The molecule has 2 rings (SSSR count). The van der Waals surface area contributed by atoms with E-state index in [2.05, 4.69) is 20.9 Å². The second-order valence-corrected chi connectivity index (χ2v) is 5.05. The summed E-state index contributed by atoms with van der Waals surface area (Å²) in [6.07, 6.45) is 1.59. The molecule has 0 bridgehead atoms. The number of hydrogen-bond acceptors (Lipinski definition) is 2. The number of rotatable bonds is 2. The van der Waals surface area contributed by atoms with E-state index in [1.165, 1.54) is 4.90 Å². The molecule has 92 valence electrons. The SMILES string of the molecule is CN(C(=O)c1cc(Br)ccn1)c1ccc(Cl)cc1. The van der Waals surface area contributed by atoms with Gasteiger partial charge in [-0.05, 0) is 36.4 Å². The van der Waals surface area contributed by atoms with Gasteiger partial charge in [0.05, 0.1) is 0 Å². The number of halogens is 2. The van der Waals surface area contributed by atoms with Gasteiger partial charge < -0.3 is 4.90 Å².